The van der Waals surface area contributed by atoms with Crippen LogP contribution in [0.4, 0.5) is 0 Å². The fourth-order valence-corrected chi connectivity index (χ4v) is 2.93. The van der Waals surface area contributed by atoms with E-state index in [1.165, 1.54) is 18.4 Å². The molecule has 2 N–H and O–H groups in total. The minimum absolute atomic E-state index is 0.310. The Labute approximate surface area is 121 Å². The molecule has 1 aliphatic rings. The Kier molecular flexibility index (Phi) is 6.01. The van der Waals surface area contributed by atoms with Gasteiger partial charge in [-0.3, -0.25) is 4.90 Å². The maximum absolute atomic E-state index is 9.27. The van der Waals surface area contributed by atoms with Gasteiger partial charge in [0.05, 0.1) is 12.3 Å². The monoisotopic (exact) mass is 281 g/mol. The topological polar surface area (TPSA) is 61.5 Å². The van der Waals surface area contributed by atoms with Crippen LogP contribution in [0, 0.1) is 13.8 Å². The lowest BCUT2D eigenvalue weighted by Gasteiger charge is -2.22. The number of likely N-dealkylation sites (tertiary alicyclic amines) is 1. The third-order valence-corrected chi connectivity index (χ3v) is 4.24. The lowest BCUT2D eigenvalue weighted by Crippen LogP contribution is -2.33. The standard InChI is InChI=1S/C15H27N3O2/c1-12-15(13(2)20-17-12)10-16-7-3-4-8-18-9-5-6-14(18)11-19/h14,16,19H,3-11H2,1-2H3. The highest BCUT2D eigenvalue weighted by Crippen LogP contribution is 2.17. The molecule has 114 valence electrons. The number of nitrogens with zero attached hydrogens (tertiary/aromatic N) is 2. The summed E-state index contributed by atoms with van der Waals surface area (Å²) in [5, 5.41) is 16.7. The summed E-state index contributed by atoms with van der Waals surface area (Å²) >= 11 is 0. The first kappa shape index (κ1) is 15.5. The zero-order valence-corrected chi connectivity index (χ0v) is 12.7. The number of hydrogen-bond acceptors (Lipinski definition) is 5. The highest BCUT2D eigenvalue weighted by atomic mass is 16.5. The minimum atomic E-state index is 0.310. The van der Waals surface area contributed by atoms with Gasteiger partial charge in [-0.05, 0) is 59.2 Å². The average Bonchev–Trinajstić information content (AvgIpc) is 3.02. The summed E-state index contributed by atoms with van der Waals surface area (Å²) in [4.78, 5) is 2.42. The van der Waals surface area contributed by atoms with Crippen LogP contribution < -0.4 is 5.32 Å². The van der Waals surface area contributed by atoms with Crippen molar-refractivity contribution in [3.05, 3.63) is 17.0 Å². The van der Waals surface area contributed by atoms with Crippen molar-refractivity contribution in [2.75, 3.05) is 26.2 Å². The second-order valence-corrected chi connectivity index (χ2v) is 5.70. The lowest BCUT2D eigenvalue weighted by molar-refractivity contribution is 0.157. The molecule has 1 fully saturated rings. The van der Waals surface area contributed by atoms with Gasteiger partial charge >= 0.3 is 0 Å². The van der Waals surface area contributed by atoms with Gasteiger partial charge in [-0.25, -0.2) is 0 Å². The fourth-order valence-electron chi connectivity index (χ4n) is 2.93. The Morgan fingerprint density at radius 3 is 2.95 bits per heavy atom. The summed E-state index contributed by atoms with van der Waals surface area (Å²) in [6.45, 7) is 8.36. The first-order valence-corrected chi connectivity index (χ1v) is 7.69. The lowest BCUT2D eigenvalue weighted by atomic mass is 10.2. The van der Waals surface area contributed by atoms with Crippen molar-refractivity contribution >= 4 is 0 Å². The molecule has 2 heterocycles. The molecule has 1 atom stereocenters. The molecule has 20 heavy (non-hydrogen) atoms. The molecule has 0 spiro atoms. The second kappa shape index (κ2) is 7.76. The van der Waals surface area contributed by atoms with Gasteiger partial charge in [-0.2, -0.15) is 0 Å². The number of aliphatic hydroxyl groups is 1. The predicted molar refractivity (Wildman–Crippen MR) is 78.6 cm³/mol. The normalized spacial score (nSPS) is 19.9. The molecule has 0 aliphatic carbocycles. The first-order chi connectivity index (χ1) is 9.72. The molecule has 0 saturated carbocycles. The van der Waals surface area contributed by atoms with Gasteiger partial charge in [-0.15, -0.1) is 0 Å². The number of hydrogen-bond donors (Lipinski definition) is 2. The van der Waals surface area contributed by atoms with Crippen molar-refractivity contribution in [2.24, 2.45) is 0 Å². The van der Waals surface area contributed by atoms with Crippen LogP contribution in [0.3, 0.4) is 0 Å². The molecular formula is C15H27N3O2. The van der Waals surface area contributed by atoms with E-state index in [9.17, 15) is 5.11 Å². The largest absolute Gasteiger partial charge is 0.395 e. The fraction of sp³-hybridized carbons (Fsp3) is 0.800. The maximum atomic E-state index is 9.27. The van der Waals surface area contributed by atoms with Crippen LogP contribution >= 0.6 is 0 Å². The van der Waals surface area contributed by atoms with Crippen LogP contribution in [0.5, 0.6) is 0 Å². The van der Waals surface area contributed by atoms with Crippen molar-refractivity contribution in [2.45, 2.75) is 52.1 Å². The van der Waals surface area contributed by atoms with Crippen LogP contribution in [-0.2, 0) is 6.54 Å². The molecule has 5 nitrogen and oxygen atoms in total. The Balaban J connectivity index is 1.56. The third-order valence-electron chi connectivity index (χ3n) is 4.24. The average molecular weight is 281 g/mol. The van der Waals surface area contributed by atoms with Crippen LogP contribution in [0.1, 0.15) is 42.7 Å². The summed E-state index contributed by atoms with van der Waals surface area (Å²) in [6, 6.07) is 0.408. The van der Waals surface area contributed by atoms with Gasteiger partial charge < -0.3 is 14.9 Å². The van der Waals surface area contributed by atoms with E-state index in [0.717, 1.165) is 50.5 Å². The zero-order chi connectivity index (χ0) is 14.4. The quantitative estimate of drug-likeness (QED) is 0.709. The summed E-state index contributed by atoms with van der Waals surface area (Å²) in [5.41, 5.74) is 2.17. The van der Waals surface area contributed by atoms with E-state index in [1.807, 2.05) is 13.8 Å². The smallest absolute Gasteiger partial charge is 0.138 e. The Morgan fingerprint density at radius 2 is 2.25 bits per heavy atom. The molecule has 1 unspecified atom stereocenters. The highest BCUT2D eigenvalue weighted by molar-refractivity contribution is 5.20. The number of rotatable bonds is 8. The Morgan fingerprint density at radius 1 is 1.40 bits per heavy atom. The van der Waals surface area contributed by atoms with Gasteiger partial charge in [-0.1, -0.05) is 5.16 Å². The third kappa shape index (κ3) is 4.04. The van der Waals surface area contributed by atoms with E-state index in [4.69, 9.17) is 4.52 Å². The van der Waals surface area contributed by atoms with E-state index >= 15 is 0 Å². The minimum Gasteiger partial charge on any atom is -0.395 e. The van der Waals surface area contributed by atoms with Crippen molar-refractivity contribution in [1.29, 1.82) is 0 Å². The summed E-state index contributed by atoms with van der Waals surface area (Å²) < 4.78 is 5.14. The number of aryl methyl sites for hydroxylation is 2. The number of aliphatic hydroxyl groups excluding tert-OH is 1. The molecule has 1 aromatic rings. The van der Waals surface area contributed by atoms with Gasteiger partial charge in [0.1, 0.15) is 5.76 Å². The number of unbranched alkanes of at least 4 members (excludes halogenated alkanes) is 1. The second-order valence-electron chi connectivity index (χ2n) is 5.70. The van der Waals surface area contributed by atoms with E-state index in [0.29, 0.717) is 12.6 Å². The van der Waals surface area contributed by atoms with Crippen LogP contribution in [0.15, 0.2) is 4.52 Å². The molecule has 2 rings (SSSR count). The molecule has 1 aliphatic heterocycles. The van der Waals surface area contributed by atoms with E-state index in [2.05, 4.69) is 15.4 Å². The molecule has 1 aromatic heterocycles. The molecular weight excluding hydrogens is 254 g/mol. The van der Waals surface area contributed by atoms with Crippen molar-refractivity contribution in [3.8, 4) is 0 Å². The predicted octanol–water partition coefficient (Wildman–Crippen LogP) is 1.62. The molecule has 0 bridgehead atoms. The summed E-state index contributed by atoms with van der Waals surface area (Å²) in [6.07, 6.45) is 4.74. The van der Waals surface area contributed by atoms with Crippen molar-refractivity contribution in [3.63, 3.8) is 0 Å². The zero-order valence-electron chi connectivity index (χ0n) is 12.7. The number of aromatic nitrogens is 1. The SMILES string of the molecule is Cc1noc(C)c1CNCCCCN1CCCC1CO. The van der Waals surface area contributed by atoms with Gasteiger partial charge in [0, 0.05) is 18.2 Å². The van der Waals surface area contributed by atoms with Crippen LogP contribution in [0.2, 0.25) is 0 Å². The van der Waals surface area contributed by atoms with Crippen molar-refractivity contribution in [1.82, 2.24) is 15.4 Å². The molecule has 0 amide bonds. The molecule has 5 heteroatoms. The maximum Gasteiger partial charge on any atom is 0.138 e. The van der Waals surface area contributed by atoms with Crippen molar-refractivity contribution < 1.29 is 9.63 Å². The van der Waals surface area contributed by atoms with E-state index < -0.39 is 0 Å². The molecule has 1 saturated heterocycles. The van der Waals surface area contributed by atoms with E-state index in [1.54, 1.807) is 0 Å². The van der Waals surface area contributed by atoms with Gasteiger partial charge in [0.25, 0.3) is 0 Å². The van der Waals surface area contributed by atoms with Crippen LogP contribution in [-0.4, -0.2) is 47.4 Å². The van der Waals surface area contributed by atoms with Crippen LogP contribution in [0.25, 0.3) is 0 Å². The number of nitrogens with one attached hydrogen (secondary N) is 1. The Bertz CT molecular complexity index is 386. The highest BCUT2D eigenvalue weighted by Gasteiger charge is 2.22. The van der Waals surface area contributed by atoms with E-state index in [-0.39, 0.29) is 0 Å². The first-order valence-electron chi connectivity index (χ1n) is 7.69. The molecule has 0 aromatic carbocycles. The molecule has 0 radical (unpaired) electrons. The summed E-state index contributed by atoms with van der Waals surface area (Å²) in [7, 11) is 0. The summed E-state index contributed by atoms with van der Waals surface area (Å²) in [5.74, 6) is 0.915. The Hall–Kier alpha value is -0.910. The van der Waals surface area contributed by atoms with Gasteiger partial charge in [0.2, 0.25) is 0 Å². The van der Waals surface area contributed by atoms with Gasteiger partial charge in [0.15, 0.2) is 0 Å².